The van der Waals surface area contributed by atoms with Crippen LogP contribution in [0, 0.1) is 0 Å². The van der Waals surface area contributed by atoms with E-state index in [1.165, 1.54) is 12.1 Å². The number of nitrogens with one attached hydrogen (secondary N) is 1. The maximum Gasteiger partial charge on any atom is 0.453 e. The Morgan fingerprint density at radius 1 is 1.00 bits per heavy atom. The Bertz CT molecular complexity index is 688. The van der Waals surface area contributed by atoms with Gasteiger partial charge < -0.3 is 0 Å². The van der Waals surface area contributed by atoms with Crippen molar-refractivity contribution in [1.29, 1.82) is 0 Å². The summed E-state index contributed by atoms with van der Waals surface area (Å²) in [6, 6.07) is 6.25. The van der Waals surface area contributed by atoms with E-state index < -0.39 is 47.9 Å². The van der Waals surface area contributed by atoms with Gasteiger partial charge in [-0.1, -0.05) is 12.1 Å². The third kappa shape index (κ3) is 4.44. The van der Waals surface area contributed by atoms with Crippen LogP contribution in [0.3, 0.4) is 0 Å². The zero-order chi connectivity index (χ0) is 19.5. The van der Waals surface area contributed by atoms with E-state index >= 15 is 0 Å². The van der Waals surface area contributed by atoms with Gasteiger partial charge in [-0.3, -0.25) is 14.5 Å². The maximum absolute atomic E-state index is 12.7. The van der Waals surface area contributed by atoms with Crippen molar-refractivity contribution < 1.29 is 35.8 Å². The highest BCUT2D eigenvalue weighted by molar-refractivity contribution is 7.83. The predicted octanol–water partition coefficient (Wildman–Crippen LogP) is 2.51. The Kier molecular flexibility index (Phi) is 6.12. The van der Waals surface area contributed by atoms with Gasteiger partial charge in [0.05, 0.1) is 22.1 Å². The van der Waals surface area contributed by atoms with Crippen LogP contribution in [0.5, 0.6) is 0 Å². The maximum atomic E-state index is 12.7. The largest absolute Gasteiger partial charge is 0.453 e. The summed E-state index contributed by atoms with van der Waals surface area (Å²) in [7, 11) is -1.85. The van der Waals surface area contributed by atoms with E-state index in [4.69, 9.17) is 0 Å². The van der Waals surface area contributed by atoms with Crippen molar-refractivity contribution >= 4 is 22.8 Å². The van der Waals surface area contributed by atoms with Gasteiger partial charge in [0.2, 0.25) is 0 Å². The molecule has 26 heavy (non-hydrogen) atoms. The van der Waals surface area contributed by atoms with Gasteiger partial charge in [-0.05, 0) is 18.6 Å². The zero-order valence-corrected chi connectivity index (χ0v) is 14.1. The lowest BCUT2D eigenvalue weighted by molar-refractivity contribution is -0.283. The minimum atomic E-state index is -5.65. The Balaban J connectivity index is 1.75. The number of amides is 2. The summed E-state index contributed by atoms with van der Waals surface area (Å²) in [5.41, 5.74) is 0.539. The van der Waals surface area contributed by atoms with Gasteiger partial charge in [0, 0.05) is 25.3 Å². The van der Waals surface area contributed by atoms with E-state index in [0.29, 0.717) is 0 Å². The summed E-state index contributed by atoms with van der Waals surface area (Å²) >= 11 is 0. The van der Waals surface area contributed by atoms with Gasteiger partial charge in [0.1, 0.15) is 0 Å². The molecule has 0 bridgehead atoms. The van der Waals surface area contributed by atoms with Crippen LogP contribution in [0.15, 0.2) is 24.3 Å². The van der Waals surface area contributed by atoms with Crippen molar-refractivity contribution in [1.82, 2.24) is 9.62 Å². The fraction of sp³-hybridized carbons (Fsp3) is 0.467. The Morgan fingerprint density at radius 2 is 1.54 bits per heavy atom. The molecule has 11 heteroatoms. The second kappa shape index (κ2) is 7.78. The summed E-state index contributed by atoms with van der Waals surface area (Å²) in [4.78, 5) is 25.2. The minimum absolute atomic E-state index is 0.0293. The van der Waals surface area contributed by atoms with Gasteiger partial charge in [-0.15, -0.1) is 0 Å². The van der Waals surface area contributed by atoms with Crippen molar-refractivity contribution in [2.24, 2.45) is 0 Å². The average Bonchev–Trinajstić information content (AvgIpc) is 2.79. The molecule has 0 saturated heterocycles. The number of imide groups is 1. The van der Waals surface area contributed by atoms with E-state index in [2.05, 4.69) is 4.72 Å². The third-order valence-corrected chi connectivity index (χ3v) is 4.89. The molecular formula is C15H15F5N2O3S. The first-order valence-corrected chi connectivity index (χ1v) is 8.88. The Morgan fingerprint density at radius 3 is 2.04 bits per heavy atom. The molecule has 0 saturated carbocycles. The molecule has 1 aliphatic rings. The number of fused-ring (bicyclic) bond motifs is 1. The molecule has 1 heterocycles. The van der Waals surface area contributed by atoms with Gasteiger partial charge >= 0.3 is 12.1 Å². The van der Waals surface area contributed by atoms with Crippen LogP contribution >= 0.6 is 0 Å². The number of halogens is 5. The molecule has 1 unspecified atom stereocenters. The second-order valence-electron chi connectivity index (χ2n) is 5.56. The highest BCUT2D eigenvalue weighted by Gasteiger charge is 2.56. The van der Waals surface area contributed by atoms with E-state index in [-0.39, 0.29) is 29.8 Å². The molecule has 1 N–H and O–H groups in total. The highest BCUT2D eigenvalue weighted by Crippen LogP contribution is 2.37. The lowest BCUT2D eigenvalue weighted by Crippen LogP contribution is -2.39. The van der Waals surface area contributed by atoms with Crippen LogP contribution < -0.4 is 4.72 Å². The molecule has 0 aromatic heterocycles. The summed E-state index contributed by atoms with van der Waals surface area (Å²) in [5, 5.41) is 0. The number of rotatable bonds is 8. The third-order valence-electron chi connectivity index (χ3n) is 3.71. The number of alkyl halides is 5. The number of nitrogens with zero attached hydrogens (tertiary/aromatic N) is 1. The minimum Gasteiger partial charge on any atom is -0.274 e. The van der Waals surface area contributed by atoms with Gasteiger partial charge in [0.25, 0.3) is 11.8 Å². The second-order valence-corrected chi connectivity index (χ2v) is 6.95. The Hall–Kier alpha value is -1.88. The average molecular weight is 398 g/mol. The molecular weight excluding hydrogens is 383 g/mol. The zero-order valence-electron chi connectivity index (χ0n) is 13.3. The van der Waals surface area contributed by atoms with Crippen LogP contribution in [-0.4, -0.2) is 51.9 Å². The van der Waals surface area contributed by atoms with E-state index in [0.717, 1.165) is 4.90 Å². The van der Waals surface area contributed by atoms with Crippen LogP contribution in [0.4, 0.5) is 22.0 Å². The van der Waals surface area contributed by atoms with Crippen molar-refractivity contribution in [3.63, 3.8) is 0 Å². The van der Waals surface area contributed by atoms with E-state index in [9.17, 15) is 35.8 Å². The van der Waals surface area contributed by atoms with Gasteiger partial charge in [0.15, 0.2) is 0 Å². The summed E-state index contributed by atoms with van der Waals surface area (Å²) in [6.45, 7) is -0.815. The lowest BCUT2D eigenvalue weighted by Gasteiger charge is -2.19. The monoisotopic (exact) mass is 398 g/mol. The molecule has 0 spiro atoms. The lowest BCUT2D eigenvalue weighted by atomic mass is 10.1. The number of hydrogen-bond donors (Lipinski definition) is 1. The molecule has 2 rings (SSSR count). The molecule has 1 atom stereocenters. The number of carbonyl (C=O) groups excluding carboxylic acids is 2. The smallest absolute Gasteiger partial charge is 0.274 e. The summed E-state index contributed by atoms with van der Waals surface area (Å²) in [5.74, 6) is -5.92. The molecule has 5 nitrogen and oxygen atoms in total. The quantitative estimate of drug-likeness (QED) is 0.541. The van der Waals surface area contributed by atoms with Crippen LogP contribution in [0.1, 0.15) is 33.6 Å². The first-order valence-electron chi connectivity index (χ1n) is 7.56. The highest BCUT2D eigenvalue weighted by atomic mass is 32.2. The standard InChI is InChI=1S/C15H15F5N2O3S/c16-14(17,15(18,19)20)6-7-21-26(25)9-3-8-22-12(23)10-4-1-2-5-11(10)13(22)24/h1-2,4-5,21H,3,6-9H2. The SMILES string of the molecule is O=C1c2ccccc2C(=O)N1CCCS(=O)NCCC(F)(F)C(F)(F)F. The van der Waals surface area contributed by atoms with E-state index in [1.54, 1.807) is 12.1 Å². The molecule has 1 aromatic rings. The fourth-order valence-corrected chi connectivity index (χ4v) is 3.20. The molecule has 2 amide bonds. The van der Waals surface area contributed by atoms with Crippen molar-refractivity contribution in [3.05, 3.63) is 35.4 Å². The van der Waals surface area contributed by atoms with Crippen LogP contribution in [0.25, 0.3) is 0 Å². The Labute approximate surface area is 148 Å². The number of carbonyl (C=O) groups is 2. The summed E-state index contributed by atoms with van der Waals surface area (Å²) in [6.07, 6.45) is -7.07. The molecule has 0 radical (unpaired) electrons. The molecule has 144 valence electrons. The summed E-state index contributed by atoms with van der Waals surface area (Å²) < 4.78 is 75.1. The van der Waals surface area contributed by atoms with Gasteiger partial charge in [-0.25, -0.2) is 8.93 Å². The first-order chi connectivity index (χ1) is 12.0. The molecule has 0 aliphatic carbocycles. The van der Waals surface area contributed by atoms with Crippen molar-refractivity contribution in [3.8, 4) is 0 Å². The van der Waals surface area contributed by atoms with Gasteiger partial charge in [-0.2, -0.15) is 22.0 Å². The molecule has 0 fully saturated rings. The molecule has 1 aliphatic heterocycles. The van der Waals surface area contributed by atoms with Crippen molar-refractivity contribution in [2.45, 2.75) is 24.9 Å². The van der Waals surface area contributed by atoms with Crippen molar-refractivity contribution in [2.75, 3.05) is 18.8 Å². The predicted molar refractivity (Wildman–Crippen MR) is 83.1 cm³/mol. The normalized spacial score (nSPS) is 16.1. The van der Waals surface area contributed by atoms with E-state index in [1.807, 2.05) is 0 Å². The molecule has 1 aromatic carbocycles. The number of benzene rings is 1. The first kappa shape index (κ1) is 20.4. The van der Waals surface area contributed by atoms with Crippen LogP contribution in [0.2, 0.25) is 0 Å². The fourth-order valence-electron chi connectivity index (χ4n) is 2.33. The van der Waals surface area contributed by atoms with Crippen LogP contribution in [-0.2, 0) is 11.0 Å². The number of hydrogen-bond acceptors (Lipinski definition) is 3. The topological polar surface area (TPSA) is 66.5 Å².